The third-order valence-electron chi connectivity index (χ3n) is 11.5. The molecule has 0 unspecified atom stereocenters. The first-order valence-electron chi connectivity index (χ1n) is 33.5. The second kappa shape index (κ2) is 50.0. The number of aryl methyl sites for hydroxylation is 13. The summed E-state index contributed by atoms with van der Waals surface area (Å²) in [7, 11) is 2.05. The van der Waals surface area contributed by atoms with Gasteiger partial charge in [0.2, 0.25) is 5.78 Å². The van der Waals surface area contributed by atoms with Gasteiger partial charge >= 0.3 is 0 Å². The van der Waals surface area contributed by atoms with E-state index < -0.39 is 0 Å². The van der Waals surface area contributed by atoms with Crippen LogP contribution in [0.5, 0.6) is 0 Å². The summed E-state index contributed by atoms with van der Waals surface area (Å²) >= 11 is 3.45. The van der Waals surface area contributed by atoms with Gasteiger partial charge < -0.3 is 17.8 Å². The van der Waals surface area contributed by atoms with Crippen LogP contribution in [0.25, 0.3) is 65.4 Å². The molecule has 94 heavy (non-hydrogen) atoms. The molecule has 0 bridgehead atoms. The summed E-state index contributed by atoms with van der Waals surface area (Å²) < 4.78 is 19.1. The minimum atomic E-state index is 0.665. The van der Waals surface area contributed by atoms with Gasteiger partial charge in [0.15, 0.2) is 34.2 Å². The van der Waals surface area contributed by atoms with Crippen LogP contribution >= 0.6 is 22.7 Å². The topological polar surface area (TPSA) is 169 Å². The van der Waals surface area contributed by atoms with E-state index in [1.165, 1.54) is 42.7 Å². The zero-order chi connectivity index (χ0) is 72.0. The molecular weight excluding hydrogens is 1200 g/mol. The predicted molar refractivity (Wildman–Crippen MR) is 411 cm³/mol. The summed E-state index contributed by atoms with van der Waals surface area (Å²) in [6.45, 7) is 60.1. The van der Waals surface area contributed by atoms with Crippen molar-refractivity contribution in [2.75, 3.05) is 0 Å². The van der Waals surface area contributed by atoms with E-state index in [4.69, 9.17) is 8.83 Å². The highest BCUT2D eigenvalue weighted by molar-refractivity contribution is 7.18. The van der Waals surface area contributed by atoms with Crippen LogP contribution in [-0.4, -0.2) is 63.2 Å². The lowest BCUT2D eigenvalue weighted by atomic mass is 10.2. The van der Waals surface area contributed by atoms with Crippen LogP contribution in [0.3, 0.4) is 0 Å². The molecule has 0 N–H and O–H groups in total. The summed E-state index contributed by atoms with van der Waals surface area (Å²) in [6, 6.07) is 26.8. The summed E-state index contributed by atoms with van der Waals surface area (Å²) in [4.78, 5) is 41.8. The lowest BCUT2D eigenvalue weighted by molar-refractivity contribution is 0.560. The summed E-state index contributed by atoms with van der Waals surface area (Å²) in [5.41, 5.74) is 17.0. The van der Waals surface area contributed by atoms with Crippen molar-refractivity contribution in [3.8, 4) is 0 Å². The van der Waals surface area contributed by atoms with E-state index in [2.05, 4.69) is 130 Å². The molecule has 0 aliphatic rings. The van der Waals surface area contributed by atoms with Crippen LogP contribution in [0, 0.1) is 83.1 Å². The summed E-state index contributed by atoms with van der Waals surface area (Å²) in [5.74, 6) is 3.21. The Bertz CT molecular complexity index is 3830. The monoisotopic (exact) mass is 1320 g/mol. The second-order valence-corrected chi connectivity index (χ2v) is 20.9. The second-order valence-electron chi connectivity index (χ2n) is 18.4. The van der Waals surface area contributed by atoms with E-state index in [1.54, 1.807) is 41.3 Å². The Labute approximate surface area is 572 Å². The largest absolute Gasteiger partial charge is 0.441 e. The van der Waals surface area contributed by atoms with E-state index in [1.807, 2.05) is 264 Å². The Morgan fingerprint density at radius 2 is 0.809 bits per heavy atom. The zero-order valence-corrected chi connectivity index (χ0v) is 64.8. The number of thiazole rings is 2. The van der Waals surface area contributed by atoms with E-state index >= 15 is 0 Å². The number of hydrogen-bond donors (Lipinski definition) is 0. The van der Waals surface area contributed by atoms with Crippen LogP contribution in [0.15, 0.2) is 143 Å². The van der Waals surface area contributed by atoms with Crippen molar-refractivity contribution < 1.29 is 8.83 Å². The van der Waals surface area contributed by atoms with Gasteiger partial charge in [-0.2, -0.15) is 4.98 Å². The van der Waals surface area contributed by atoms with Crippen molar-refractivity contribution in [2.45, 2.75) is 208 Å². The molecule has 0 aliphatic heterocycles. The van der Waals surface area contributed by atoms with Crippen molar-refractivity contribution in [3.63, 3.8) is 0 Å². The quantitative estimate of drug-likeness (QED) is 0.141. The highest BCUT2D eigenvalue weighted by atomic mass is 32.1. The third-order valence-corrected chi connectivity index (χ3v) is 13.3. The van der Waals surface area contributed by atoms with Gasteiger partial charge in [0, 0.05) is 76.7 Å². The standard InChI is InChI=1S/C10H12N2.C9H9NO.C9H9NS.C8H8N2O.C8H8N2S.C8H8N2.C7H7N3.9C2H6/c1-7-4-5-9-10(6-7)12(3)8(2)11-9;2*1-6-3-4-8-9(5-6)11-7(2)10-8;2*1-5-3-7-8(9-4-5)10-6(2)11-7;1-7-2-3-8-9-4-5-10(8)6-7;1-6-4-9-7-8-2-3-10(7)5-6;9*1-2/h4-6H,1-3H3;2*3-5H,1-2H3;2*3-4H,1-2H3;2-6H,1H3;2-5H,1H3;9*1-2H3. The van der Waals surface area contributed by atoms with Gasteiger partial charge in [0.1, 0.15) is 17.0 Å². The Morgan fingerprint density at radius 1 is 0.351 bits per heavy atom. The van der Waals surface area contributed by atoms with Gasteiger partial charge in [0.25, 0.3) is 0 Å². The number of rotatable bonds is 0. The molecule has 11 heterocycles. The molecule has 0 amide bonds. The van der Waals surface area contributed by atoms with Crippen LogP contribution in [0.1, 0.15) is 191 Å². The fourth-order valence-electron chi connectivity index (χ4n) is 7.71. The molecule has 0 saturated carbocycles. The van der Waals surface area contributed by atoms with Gasteiger partial charge in [-0.1, -0.05) is 149 Å². The molecule has 0 spiro atoms. The fourth-order valence-corrected chi connectivity index (χ4v) is 9.52. The molecule has 0 radical (unpaired) electrons. The third kappa shape index (κ3) is 29.6. The number of hydrogen-bond acceptors (Lipinski definition) is 14. The first-order valence-corrected chi connectivity index (χ1v) is 35.2. The molecule has 0 atom stereocenters. The molecule has 14 rings (SSSR count). The van der Waals surface area contributed by atoms with E-state index in [9.17, 15) is 0 Å². The predicted octanol–water partition coefficient (Wildman–Crippen LogP) is 23.6. The van der Waals surface area contributed by atoms with Crippen LogP contribution in [-0.2, 0) is 7.05 Å². The maximum atomic E-state index is 5.34. The fraction of sp³-hybridized carbons (Fsp3) is 0.403. The van der Waals surface area contributed by atoms with Gasteiger partial charge in [-0.05, 0) is 163 Å². The first kappa shape index (κ1) is 87.5. The SMILES string of the molecule is CC.CC.CC.CC.CC.CC.CC.CC.CC.Cc1ccc2nc(C)n(C)c2c1.Cc1ccc2nc(C)oc2c1.Cc1ccc2nc(C)sc2c1.Cc1ccc2nccn2c1.Cc1cnc2nc(C)oc2c1.Cc1cnc2nc(C)sc2c1.Cc1cnc2nccn2c1. The summed E-state index contributed by atoms with van der Waals surface area (Å²) in [6.07, 6.45) is 16.9. The lowest BCUT2D eigenvalue weighted by Crippen LogP contribution is -1.89. The molecule has 15 nitrogen and oxygen atoms in total. The smallest absolute Gasteiger partial charge is 0.233 e. The normalized spacial score (nSPS) is 9.22. The molecule has 17 heteroatoms. The lowest BCUT2D eigenvalue weighted by Gasteiger charge is -1.96. The minimum absolute atomic E-state index is 0.665. The van der Waals surface area contributed by atoms with Crippen LogP contribution < -0.4 is 0 Å². The van der Waals surface area contributed by atoms with Crippen molar-refractivity contribution in [3.05, 3.63) is 201 Å². The number of imidazole rings is 3. The Balaban J connectivity index is 0. The van der Waals surface area contributed by atoms with Gasteiger partial charge in [-0.15, -0.1) is 22.7 Å². The van der Waals surface area contributed by atoms with E-state index in [0.29, 0.717) is 11.5 Å². The van der Waals surface area contributed by atoms with E-state index in [0.717, 1.165) is 77.6 Å². The first-order chi connectivity index (χ1) is 45.4. The number of oxazole rings is 2. The van der Waals surface area contributed by atoms with Crippen molar-refractivity contribution in [2.24, 2.45) is 7.05 Å². The number of aromatic nitrogens is 13. The Hall–Kier alpha value is -8.54. The molecule has 14 aromatic rings. The molecule has 3 aromatic carbocycles. The summed E-state index contributed by atoms with van der Waals surface area (Å²) in [5, 5.41) is 2.23. The highest BCUT2D eigenvalue weighted by Gasteiger charge is 2.05. The van der Waals surface area contributed by atoms with Gasteiger partial charge in [-0.25, -0.2) is 44.9 Å². The molecule has 0 aliphatic carbocycles. The van der Waals surface area contributed by atoms with Gasteiger partial charge in [0.05, 0.1) is 36.0 Å². The van der Waals surface area contributed by atoms with Crippen LogP contribution in [0.2, 0.25) is 0 Å². The number of pyridine rings is 3. The average Bonchev–Trinajstić information content (AvgIpc) is 1.78. The number of nitrogens with zero attached hydrogens (tertiary/aromatic N) is 13. The van der Waals surface area contributed by atoms with Crippen molar-refractivity contribution in [1.82, 2.24) is 63.2 Å². The molecule has 0 fully saturated rings. The zero-order valence-electron chi connectivity index (χ0n) is 63.1. The molecule has 0 saturated heterocycles. The maximum Gasteiger partial charge on any atom is 0.233 e. The average molecular weight is 1320 g/mol. The van der Waals surface area contributed by atoms with Crippen molar-refractivity contribution in [1.29, 1.82) is 0 Å². The van der Waals surface area contributed by atoms with E-state index in [-0.39, 0.29) is 0 Å². The Kier molecular flexibility index (Phi) is 46.6. The highest BCUT2D eigenvalue weighted by Crippen LogP contribution is 2.23. The van der Waals surface area contributed by atoms with Crippen molar-refractivity contribution >= 4 is 88.0 Å². The molecule has 11 aromatic heterocycles. The maximum absolute atomic E-state index is 5.34. The molecule has 512 valence electrons. The number of benzene rings is 3. The Morgan fingerprint density at radius 3 is 1.45 bits per heavy atom. The minimum Gasteiger partial charge on any atom is -0.441 e. The van der Waals surface area contributed by atoms with Crippen LogP contribution in [0.4, 0.5) is 0 Å². The number of fused-ring (bicyclic) bond motifs is 7. The molecular formula is C77H115N13O2S2. The van der Waals surface area contributed by atoms with Gasteiger partial charge in [-0.3, -0.25) is 4.40 Å².